The maximum Gasteiger partial charge on any atom is 0.266 e. The first-order chi connectivity index (χ1) is 19.3. The summed E-state index contributed by atoms with van der Waals surface area (Å²) >= 11 is 3.49. The van der Waals surface area contributed by atoms with Gasteiger partial charge in [-0.3, -0.25) is 9.36 Å². The van der Waals surface area contributed by atoms with E-state index in [-0.39, 0.29) is 11.5 Å². The molecule has 1 aliphatic rings. The minimum absolute atomic E-state index is 0.101. The van der Waals surface area contributed by atoms with E-state index in [4.69, 9.17) is 4.99 Å². The predicted molar refractivity (Wildman–Crippen MR) is 174 cm³/mol. The molecule has 0 aliphatic carbocycles. The fraction of sp³-hybridized carbons (Fsp3) is 0.394. The van der Waals surface area contributed by atoms with Gasteiger partial charge in [-0.2, -0.15) is 0 Å². The first-order valence-electron chi connectivity index (χ1n) is 14.4. The van der Waals surface area contributed by atoms with Crippen LogP contribution in [0.2, 0.25) is 0 Å². The van der Waals surface area contributed by atoms with Crippen molar-refractivity contribution in [2.24, 2.45) is 10.9 Å². The molecule has 212 valence electrons. The second-order valence-corrected chi connectivity index (χ2v) is 11.5. The summed E-state index contributed by atoms with van der Waals surface area (Å²) in [6.07, 6.45) is 4.70. The minimum Gasteiger partial charge on any atom is -0.369 e. The van der Waals surface area contributed by atoms with Crippen LogP contribution in [0.5, 0.6) is 0 Å². The third kappa shape index (κ3) is 7.12. The molecule has 4 rings (SSSR count). The first kappa shape index (κ1) is 29.8. The van der Waals surface area contributed by atoms with Crippen LogP contribution < -0.4 is 15.8 Å². The number of pyridine rings is 1. The Labute approximate surface area is 247 Å². The van der Waals surface area contributed by atoms with Gasteiger partial charge in [0.25, 0.3) is 5.56 Å². The summed E-state index contributed by atoms with van der Waals surface area (Å²) in [7, 11) is 2.17. The zero-order valence-corrected chi connectivity index (χ0v) is 25.9. The highest BCUT2D eigenvalue weighted by Crippen LogP contribution is 2.27. The Balaban J connectivity index is 1.71. The monoisotopic (exact) mass is 603 g/mol. The molecule has 0 radical (unpaired) electrons. The number of aliphatic imine (C=N–C) groups is 1. The van der Waals surface area contributed by atoms with E-state index in [2.05, 4.69) is 108 Å². The molecule has 0 bridgehead atoms. The Morgan fingerprint density at radius 1 is 1.07 bits per heavy atom. The van der Waals surface area contributed by atoms with Gasteiger partial charge in [0.1, 0.15) is 11.7 Å². The number of benzene rings is 2. The maximum atomic E-state index is 13.5. The first-order valence-corrected chi connectivity index (χ1v) is 15.2. The standard InChI is InChI=1S/C33H42BrN5O/c1-6-11-26-12-9-10-13-27(26)23-39-32(25(8-3)22-30(34)33(39)40)36-31(24(4)7-2)35-28-14-16-29(17-15-28)38-20-18-37(5)19-21-38/h8-10,12-17,22,24H,3,6-7,11,18-21,23H2,1-2,4-5H3,(H,35,36). The van der Waals surface area contributed by atoms with Gasteiger partial charge >= 0.3 is 0 Å². The fourth-order valence-electron chi connectivity index (χ4n) is 5.00. The van der Waals surface area contributed by atoms with Crippen molar-refractivity contribution in [1.82, 2.24) is 9.47 Å². The minimum atomic E-state index is -0.101. The summed E-state index contributed by atoms with van der Waals surface area (Å²) in [4.78, 5) is 23.4. The van der Waals surface area contributed by atoms with Gasteiger partial charge in [-0.25, -0.2) is 4.99 Å². The number of likely N-dealkylation sites (N-methyl/N-ethyl adjacent to an activating group) is 1. The molecule has 1 aliphatic heterocycles. The molecule has 1 atom stereocenters. The predicted octanol–water partition coefficient (Wildman–Crippen LogP) is 7.19. The van der Waals surface area contributed by atoms with E-state index >= 15 is 0 Å². The van der Waals surface area contributed by atoms with Gasteiger partial charge in [-0.1, -0.05) is 64.1 Å². The molecule has 1 unspecified atom stereocenters. The lowest BCUT2D eigenvalue weighted by Crippen LogP contribution is -2.44. The molecule has 2 aromatic carbocycles. The van der Waals surface area contributed by atoms with E-state index in [9.17, 15) is 4.79 Å². The number of nitrogens with zero attached hydrogens (tertiary/aromatic N) is 4. The molecular formula is C33H42BrN5O. The number of halogens is 1. The third-order valence-corrected chi connectivity index (χ3v) is 8.31. The van der Waals surface area contributed by atoms with Crippen LogP contribution >= 0.6 is 15.9 Å². The molecule has 0 saturated carbocycles. The molecular weight excluding hydrogens is 562 g/mol. The van der Waals surface area contributed by atoms with Crippen LogP contribution in [0.1, 0.15) is 50.3 Å². The molecule has 1 saturated heterocycles. The Kier molecular flexibility index (Phi) is 10.4. The molecule has 0 spiro atoms. The van der Waals surface area contributed by atoms with Gasteiger partial charge in [-0.05, 0) is 77.3 Å². The SMILES string of the molecule is C=Cc1cc(Br)c(=O)n(Cc2ccccc2CCC)c1N=C(Nc1ccc(N2CCN(C)CC2)cc1)C(C)CC. The molecule has 1 aromatic heterocycles. The van der Waals surface area contributed by atoms with Gasteiger partial charge in [0.05, 0.1) is 11.0 Å². The smallest absolute Gasteiger partial charge is 0.266 e. The summed E-state index contributed by atoms with van der Waals surface area (Å²) in [6, 6.07) is 18.8. The quantitative estimate of drug-likeness (QED) is 0.197. The summed E-state index contributed by atoms with van der Waals surface area (Å²) in [5.74, 6) is 1.61. The van der Waals surface area contributed by atoms with Crippen LogP contribution in [-0.4, -0.2) is 48.5 Å². The van der Waals surface area contributed by atoms with E-state index in [1.165, 1.54) is 11.3 Å². The van der Waals surface area contributed by atoms with Crippen LogP contribution in [-0.2, 0) is 13.0 Å². The number of hydrogen-bond donors (Lipinski definition) is 1. The van der Waals surface area contributed by atoms with Crippen molar-refractivity contribution in [2.75, 3.05) is 43.4 Å². The molecule has 2 heterocycles. The van der Waals surface area contributed by atoms with Gasteiger partial charge in [0.15, 0.2) is 0 Å². The summed E-state index contributed by atoms with van der Waals surface area (Å²) < 4.78 is 2.28. The lowest BCUT2D eigenvalue weighted by Gasteiger charge is -2.34. The average Bonchev–Trinajstić information content (AvgIpc) is 2.97. The number of amidine groups is 1. The topological polar surface area (TPSA) is 52.9 Å². The molecule has 7 heteroatoms. The van der Waals surface area contributed by atoms with Crippen molar-refractivity contribution in [2.45, 2.75) is 46.6 Å². The lowest BCUT2D eigenvalue weighted by molar-refractivity contribution is 0.313. The van der Waals surface area contributed by atoms with Gasteiger partial charge in [0.2, 0.25) is 0 Å². The Morgan fingerprint density at radius 2 is 1.75 bits per heavy atom. The molecule has 3 aromatic rings. The summed E-state index contributed by atoms with van der Waals surface area (Å²) in [6.45, 7) is 15.2. The van der Waals surface area contributed by atoms with Crippen molar-refractivity contribution in [1.29, 1.82) is 0 Å². The van der Waals surface area contributed by atoms with Crippen LogP contribution in [0, 0.1) is 5.92 Å². The van der Waals surface area contributed by atoms with Crippen molar-refractivity contribution >= 4 is 45.0 Å². The lowest BCUT2D eigenvalue weighted by atomic mass is 10.0. The molecule has 6 nitrogen and oxygen atoms in total. The Morgan fingerprint density at radius 3 is 2.38 bits per heavy atom. The maximum absolute atomic E-state index is 13.5. The Bertz CT molecular complexity index is 1390. The van der Waals surface area contributed by atoms with Crippen LogP contribution in [0.25, 0.3) is 6.08 Å². The van der Waals surface area contributed by atoms with Crippen LogP contribution in [0.15, 0.2) is 75.4 Å². The zero-order valence-electron chi connectivity index (χ0n) is 24.3. The number of aryl methyl sites for hydroxylation is 1. The zero-order chi connectivity index (χ0) is 28.6. The van der Waals surface area contributed by atoms with E-state index in [0.29, 0.717) is 16.8 Å². The number of rotatable bonds is 10. The van der Waals surface area contributed by atoms with Gasteiger partial charge in [0, 0.05) is 49.0 Å². The van der Waals surface area contributed by atoms with Crippen molar-refractivity contribution in [3.8, 4) is 0 Å². The fourth-order valence-corrected chi connectivity index (χ4v) is 5.46. The van der Waals surface area contributed by atoms with E-state index in [0.717, 1.165) is 68.1 Å². The number of anilines is 2. The summed E-state index contributed by atoms with van der Waals surface area (Å²) in [5, 5.41) is 3.59. The van der Waals surface area contributed by atoms with Crippen LogP contribution in [0.3, 0.4) is 0 Å². The van der Waals surface area contributed by atoms with Crippen molar-refractivity contribution < 1.29 is 0 Å². The molecule has 1 N–H and O–H groups in total. The van der Waals surface area contributed by atoms with E-state index < -0.39 is 0 Å². The average molecular weight is 605 g/mol. The second-order valence-electron chi connectivity index (χ2n) is 10.7. The molecule has 1 fully saturated rings. The van der Waals surface area contributed by atoms with Crippen molar-refractivity contribution in [3.05, 3.63) is 92.7 Å². The number of aromatic nitrogens is 1. The second kappa shape index (κ2) is 14.0. The highest BCUT2D eigenvalue weighted by Gasteiger charge is 2.18. The number of nitrogens with one attached hydrogen (secondary N) is 1. The Hall–Kier alpha value is -3.16. The van der Waals surface area contributed by atoms with Crippen molar-refractivity contribution in [3.63, 3.8) is 0 Å². The molecule has 40 heavy (non-hydrogen) atoms. The third-order valence-electron chi connectivity index (χ3n) is 7.75. The van der Waals surface area contributed by atoms with Crippen LogP contribution in [0.4, 0.5) is 17.2 Å². The summed E-state index contributed by atoms with van der Waals surface area (Å²) in [5.41, 5.74) is 5.32. The molecule has 0 amide bonds. The van der Waals surface area contributed by atoms with E-state index in [1.54, 1.807) is 10.6 Å². The highest BCUT2D eigenvalue weighted by molar-refractivity contribution is 9.10. The number of hydrogen-bond acceptors (Lipinski definition) is 4. The number of piperazine rings is 1. The largest absolute Gasteiger partial charge is 0.369 e. The normalized spacial score (nSPS) is 15.2. The van der Waals surface area contributed by atoms with Gasteiger partial charge in [-0.15, -0.1) is 0 Å². The highest BCUT2D eigenvalue weighted by atomic mass is 79.9. The van der Waals surface area contributed by atoms with Gasteiger partial charge < -0.3 is 15.1 Å². The van der Waals surface area contributed by atoms with E-state index in [1.807, 2.05) is 12.1 Å².